The number of aromatic nitrogens is 2. The number of aryl methyl sites for hydroxylation is 1. The van der Waals surface area contributed by atoms with Crippen molar-refractivity contribution in [3.8, 4) is 6.07 Å². The van der Waals surface area contributed by atoms with E-state index in [-0.39, 0.29) is 0 Å². The number of nitriles is 1. The van der Waals surface area contributed by atoms with Crippen molar-refractivity contribution in [2.24, 2.45) is 0 Å². The summed E-state index contributed by atoms with van der Waals surface area (Å²) in [6.45, 7) is 2.81. The van der Waals surface area contributed by atoms with E-state index >= 15 is 0 Å². The second kappa shape index (κ2) is 5.88. The monoisotopic (exact) mass is 240 g/mol. The van der Waals surface area contributed by atoms with Gasteiger partial charge in [0.25, 0.3) is 0 Å². The minimum absolute atomic E-state index is 0.406. The van der Waals surface area contributed by atoms with E-state index in [9.17, 15) is 0 Å². The number of halogens is 1. The van der Waals surface area contributed by atoms with Crippen molar-refractivity contribution >= 4 is 11.6 Å². The van der Waals surface area contributed by atoms with Gasteiger partial charge in [0.15, 0.2) is 0 Å². The van der Waals surface area contributed by atoms with Gasteiger partial charge in [-0.2, -0.15) is 10.4 Å². The van der Waals surface area contributed by atoms with Gasteiger partial charge in [-0.3, -0.25) is 4.68 Å². The van der Waals surface area contributed by atoms with Crippen LogP contribution in [0.4, 0.5) is 0 Å². The van der Waals surface area contributed by atoms with E-state index in [1.807, 2.05) is 14.0 Å². The fourth-order valence-electron chi connectivity index (χ4n) is 1.67. The number of nitrogens with zero attached hydrogens (tertiary/aromatic N) is 3. The summed E-state index contributed by atoms with van der Waals surface area (Å²) in [7, 11) is 1.83. The van der Waals surface area contributed by atoms with E-state index in [1.165, 1.54) is 0 Å². The van der Waals surface area contributed by atoms with Crippen LogP contribution in [0, 0.1) is 11.3 Å². The van der Waals surface area contributed by atoms with E-state index in [0.717, 1.165) is 25.8 Å². The summed E-state index contributed by atoms with van der Waals surface area (Å²) in [5, 5.41) is 17.0. The van der Waals surface area contributed by atoms with Gasteiger partial charge in [-0.1, -0.05) is 18.5 Å². The highest BCUT2D eigenvalue weighted by atomic mass is 35.5. The van der Waals surface area contributed by atoms with Gasteiger partial charge in [-0.25, -0.2) is 0 Å². The summed E-state index contributed by atoms with van der Waals surface area (Å²) in [5.74, 6) is 0. The van der Waals surface area contributed by atoms with Crippen molar-refractivity contribution in [3.63, 3.8) is 0 Å². The van der Waals surface area contributed by atoms with Gasteiger partial charge < -0.3 is 5.32 Å². The summed E-state index contributed by atoms with van der Waals surface area (Å²) >= 11 is 5.76. The van der Waals surface area contributed by atoms with E-state index < -0.39 is 5.54 Å². The molecule has 0 bridgehead atoms. The third-order valence-electron chi connectivity index (χ3n) is 2.89. The lowest BCUT2D eigenvalue weighted by Crippen LogP contribution is -2.40. The van der Waals surface area contributed by atoms with E-state index in [2.05, 4.69) is 16.5 Å². The van der Waals surface area contributed by atoms with Gasteiger partial charge >= 0.3 is 0 Å². The molecule has 1 heterocycles. The third kappa shape index (κ3) is 3.22. The number of hydrogen-bond donors (Lipinski definition) is 1. The molecule has 4 nitrogen and oxygen atoms in total. The van der Waals surface area contributed by atoms with E-state index in [4.69, 9.17) is 16.9 Å². The number of rotatable bonds is 6. The highest BCUT2D eigenvalue weighted by Gasteiger charge is 2.24. The molecule has 0 amide bonds. The summed E-state index contributed by atoms with van der Waals surface area (Å²) in [6, 6.07) is 2.34. The normalized spacial score (nSPS) is 14.4. The van der Waals surface area contributed by atoms with Crippen molar-refractivity contribution in [2.75, 3.05) is 7.05 Å². The molecule has 1 rings (SSSR count). The van der Waals surface area contributed by atoms with Crippen LogP contribution < -0.4 is 5.32 Å². The Morgan fingerprint density at radius 2 is 2.44 bits per heavy atom. The fraction of sp³-hybridized carbons (Fsp3) is 0.636. The van der Waals surface area contributed by atoms with Crippen LogP contribution in [0.25, 0.3) is 0 Å². The minimum atomic E-state index is -0.406. The molecule has 0 fully saturated rings. The Bertz CT molecular complexity index is 362. The molecule has 0 spiro atoms. The SMILES string of the molecule is CCC(C#N)(CCCn1cc(Cl)cn1)NC. The van der Waals surface area contributed by atoms with Gasteiger partial charge in [-0.15, -0.1) is 0 Å². The lowest BCUT2D eigenvalue weighted by molar-refractivity contribution is 0.375. The Hall–Kier alpha value is -1.05. The molecule has 1 aromatic rings. The largest absolute Gasteiger partial charge is 0.302 e. The molecule has 0 aliphatic carbocycles. The molecule has 0 aromatic carbocycles. The average molecular weight is 241 g/mol. The first kappa shape index (κ1) is 13.0. The standard InChI is InChI=1S/C11H17ClN4/c1-3-11(9-13,14-2)5-4-6-16-8-10(12)7-15-16/h7-8,14H,3-6H2,1-2H3. The zero-order valence-corrected chi connectivity index (χ0v) is 10.5. The highest BCUT2D eigenvalue weighted by Crippen LogP contribution is 2.16. The summed E-state index contributed by atoms with van der Waals surface area (Å²) < 4.78 is 1.80. The molecule has 0 aliphatic heterocycles. The quantitative estimate of drug-likeness (QED) is 0.830. The molecule has 1 aromatic heterocycles. The average Bonchev–Trinajstić information content (AvgIpc) is 2.71. The van der Waals surface area contributed by atoms with E-state index in [0.29, 0.717) is 5.02 Å². The van der Waals surface area contributed by atoms with Crippen LogP contribution in [0.15, 0.2) is 12.4 Å². The maximum Gasteiger partial charge on any atom is 0.106 e. The Morgan fingerprint density at radius 3 is 2.88 bits per heavy atom. The maximum absolute atomic E-state index is 9.12. The molecular formula is C11H17ClN4. The third-order valence-corrected chi connectivity index (χ3v) is 3.08. The van der Waals surface area contributed by atoms with Crippen LogP contribution in [-0.4, -0.2) is 22.4 Å². The summed E-state index contributed by atoms with van der Waals surface area (Å²) in [4.78, 5) is 0. The van der Waals surface area contributed by atoms with Gasteiger partial charge in [0.1, 0.15) is 5.54 Å². The second-order valence-corrected chi connectivity index (χ2v) is 4.26. The predicted molar refractivity (Wildman–Crippen MR) is 64.2 cm³/mol. The molecule has 0 saturated heterocycles. The van der Waals surface area contributed by atoms with Crippen molar-refractivity contribution in [3.05, 3.63) is 17.4 Å². The van der Waals surface area contributed by atoms with Crippen molar-refractivity contribution in [1.29, 1.82) is 5.26 Å². The van der Waals surface area contributed by atoms with Crippen LogP contribution in [0.1, 0.15) is 26.2 Å². The van der Waals surface area contributed by atoms with E-state index in [1.54, 1.807) is 17.1 Å². The molecule has 5 heteroatoms. The lowest BCUT2D eigenvalue weighted by atomic mass is 9.92. The Kier molecular flexibility index (Phi) is 4.78. The Balaban J connectivity index is 2.43. The molecule has 0 saturated carbocycles. The van der Waals surface area contributed by atoms with Gasteiger partial charge in [0, 0.05) is 12.7 Å². The molecular weight excluding hydrogens is 224 g/mol. The van der Waals surface area contributed by atoms with Crippen LogP contribution in [0.5, 0.6) is 0 Å². The fourth-order valence-corrected chi connectivity index (χ4v) is 1.83. The van der Waals surface area contributed by atoms with Crippen molar-refractivity contribution in [2.45, 2.75) is 38.3 Å². The first-order valence-electron chi connectivity index (χ1n) is 5.44. The smallest absolute Gasteiger partial charge is 0.106 e. The molecule has 88 valence electrons. The van der Waals surface area contributed by atoms with Crippen molar-refractivity contribution < 1.29 is 0 Å². The minimum Gasteiger partial charge on any atom is -0.302 e. The molecule has 0 radical (unpaired) electrons. The zero-order valence-electron chi connectivity index (χ0n) is 9.70. The predicted octanol–water partition coefficient (Wildman–Crippen LogP) is 2.21. The molecule has 16 heavy (non-hydrogen) atoms. The second-order valence-electron chi connectivity index (χ2n) is 3.82. The highest BCUT2D eigenvalue weighted by molar-refractivity contribution is 6.30. The van der Waals surface area contributed by atoms with Gasteiger partial charge in [-0.05, 0) is 26.3 Å². The molecule has 0 aliphatic rings. The summed E-state index contributed by atoms with van der Waals surface area (Å²) in [5.41, 5.74) is -0.406. The van der Waals surface area contributed by atoms with Gasteiger partial charge in [0.05, 0.1) is 17.3 Å². The number of nitrogens with one attached hydrogen (secondary N) is 1. The van der Waals surface area contributed by atoms with Crippen molar-refractivity contribution in [1.82, 2.24) is 15.1 Å². The Morgan fingerprint density at radius 1 is 1.69 bits per heavy atom. The van der Waals surface area contributed by atoms with Crippen LogP contribution in [0.3, 0.4) is 0 Å². The Labute approximate surface area is 101 Å². The lowest BCUT2D eigenvalue weighted by Gasteiger charge is -2.24. The molecule has 1 atom stereocenters. The number of hydrogen-bond acceptors (Lipinski definition) is 3. The zero-order chi connectivity index (χ0) is 12.0. The summed E-state index contributed by atoms with van der Waals surface area (Å²) in [6.07, 6.45) is 5.94. The maximum atomic E-state index is 9.12. The van der Waals surface area contributed by atoms with Crippen LogP contribution >= 0.6 is 11.6 Å². The van der Waals surface area contributed by atoms with Crippen LogP contribution in [0.2, 0.25) is 5.02 Å². The topological polar surface area (TPSA) is 53.6 Å². The first-order valence-corrected chi connectivity index (χ1v) is 5.81. The molecule has 1 unspecified atom stereocenters. The molecule has 1 N–H and O–H groups in total. The van der Waals surface area contributed by atoms with Gasteiger partial charge in [0.2, 0.25) is 0 Å². The first-order chi connectivity index (χ1) is 7.65. The van der Waals surface area contributed by atoms with Crippen LogP contribution in [-0.2, 0) is 6.54 Å².